The summed E-state index contributed by atoms with van der Waals surface area (Å²) >= 11 is 0. The number of nitrogens with zero attached hydrogens (tertiary/aromatic N) is 3. The summed E-state index contributed by atoms with van der Waals surface area (Å²) in [6.07, 6.45) is 1.35. The minimum atomic E-state index is -0.560. The van der Waals surface area contributed by atoms with E-state index < -0.39 is 5.91 Å². The van der Waals surface area contributed by atoms with Gasteiger partial charge in [-0.1, -0.05) is 17.7 Å². The maximum absolute atomic E-state index is 11.2. The Bertz CT molecular complexity index is 578. The Morgan fingerprint density at radius 3 is 2.44 bits per heavy atom. The molecule has 0 aliphatic rings. The predicted octanol–water partition coefficient (Wildman–Crippen LogP) is 1.35. The summed E-state index contributed by atoms with van der Waals surface area (Å²) in [5.41, 5.74) is 9.98. The molecule has 5 heteroatoms. The van der Waals surface area contributed by atoms with Crippen molar-refractivity contribution in [3.63, 3.8) is 0 Å². The highest BCUT2D eigenvalue weighted by Gasteiger charge is 2.12. The quantitative estimate of drug-likeness (QED) is 0.885. The second-order valence-corrected chi connectivity index (χ2v) is 4.48. The zero-order chi connectivity index (χ0) is 13.3. The van der Waals surface area contributed by atoms with Gasteiger partial charge in [0.1, 0.15) is 6.33 Å². The van der Waals surface area contributed by atoms with Crippen molar-refractivity contribution in [3.05, 3.63) is 46.5 Å². The Kier molecular flexibility index (Phi) is 3.14. The van der Waals surface area contributed by atoms with Crippen molar-refractivity contribution in [2.24, 2.45) is 5.73 Å². The van der Waals surface area contributed by atoms with Crippen LogP contribution in [0.1, 0.15) is 32.9 Å². The van der Waals surface area contributed by atoms with E-state index in [0.717, 1.165) is 5.56 Å². The van der Waals surface area contributed by atoms with E-state index in [1.54, 1.807) is 0 Å². The summed E-state index contributed by atoms with van der Waals surface area (Å²) in [6, 6.07) is 4.23. The fourth-order valence-electron chi connectivity index (χ4n) is 2.18. The summed E-state index contributed by atoms with van der Waals surface area (Å²) in [4.78, 5) is 15.1. The highest BCUT2D eigenvalue weighted by molar-refractivity contribution is 5.88. The van der Waals surface area contributed by atoms with Gasteiger partial charge < -0.3 is 5.73 Å². The summed E-state index contributed by atoms with van der Waals surface area (Å²) < 4.78 is 1.53. The number of rotatable bonds is 3. The average molecular weight is 244 g/mol. The van der Waals surface area contributed by atoms with Gasteiger partial charge in [-0.3, -0.25) is 4.79 Å². The maximum Gasteiger partial charge on any atom is 0.286 e. The molecule has 0 spiro atoms. The van der Waals surface area contributed by atoms with Crippen molar-refractivity contribution >= 4 is 5.91 Å². The van der Waals surface area contributed by atoms with Crippen molar-refractivity contribution in [1.82, 2.24) is 14.8 Å². The molecule has 0 saturated heterocycles. The zero-order valence-corrected chi connectivity index (χ0v) is 10.8. The molecule has 18 heavy (non-hydrogen) atoms. The molecule has 0 saturated carbocycles. The molecule has 0 aliphatic heterocycles. The number of aromatic nitrogens is 3. The van der Waals surface area contributed by atoms with Gasteiger partial charge in [-0.15, -0.1) is 0 Å². The lowest BCUT2D eigenvalue weighted by Gasteiger charge is -2.12. The van der Waals surface area contributed by atoms with Crippen molar-refractivity contribution < 1.29 is 4.79 Å². The highest BCUT2D eigenvalue weighted by Crippen LogP contribution is 2.17. The van der Waals surface area contributed by atoms with E-state index >= 15 is 0 Å². The molecule has 0 aliphatic carbocycles. The fraction of sp³-hybridized carbons (Fsp3) is 0.308. The van der Waals surface area contributed by atoms with Gasteiger partial charge in [0.2, 0.25) is 5.82 Å². The van der Waals surface area contributed by atoms with Crippen LogP contribution in [0.25, 0.3) is 0 Å². The van der Waals surface area contributed by atoms with Gasteiger partial charge in [0, 0.05) is 0 Å². The van der Waals surface area contributed by atoms with Crippen LogP contribution in [0.5, 0.6) is 0 Å². The number of amides is 1. The second-order valence-electron chi connectivity index (χ2n) is 4.48. The molecular weight excluding hydrogens is 228 g/mol. The van der Waals surface area contributed by atoms with Crippen LogP contribution in [-0.4, -0.2) is 20.7 Å². The molecule has 1 heterocycles. The molecule has 1 aromatic carbocycles. The summed E-state index contributed by atoms with van der Waals surface area (Å²) in [6.45, 7) is 6.68. The van der Waals surface area contributed by atoms with Gasteiger partial charge >= 0.3 is 0 Å². The Labute approximate surface area is 106 Å². The topological polar surface area (TPSA) is 73.8 Å². The third kappa shape index (κ3) is 2.25. The number of hydrogen-bond donors (Lipinski definition) is 1. The number of carbonyl (C=O) groups excluding carboxylic acids is 1. The van der Waals surface area contributed by atoms with Crippen LogP contribution in [0, 0.1) is 20.8 Å². The van der Waals surface area contributed by atoms with E-state index in [0.29, 0.717) is 6.54 Å². The van der Waals surface area contributed by atoms with Crippen molar-refractivity contribution in [2.75, 3.05) is 0 Å². The minimum absolute atomic E-state index is 0.189. The van der Waals surface area contributed by atoms with Crippen LogP contribution in [0.2, 0.25) is 0 Å². The summed E-state index contributed by atoms with van der Waals surface area (Å²) in [5, 5.41) is 4.04. The Morgan fingerprint density at radius 2 is 1.89 bits per heavy atom. The Hall–Kier alpha value is -2.17. The Morgan fingerprint density at radius 1 is 1.28 bits per heavy atom. The Balaban J connectivity index is 2.40. The van der Waals surface area contributed by atoms with E-state index in [4.69, 9.17) is 5.73 Å². The van der Waals surface area contributed by atoms with E-state index in [1.165, 1.54) is 27.7 Å². The monoisotopic (exact) mass is 244 g/mol. The maximum atomic E-state index is 11.2. The third-order valence-corrected chi connectivity index (χ3v) is 2.98. The molecule has 2 N–H and O–H groups in total. The minimum Gasteiger partial charge on any atom is -0.363 e. The largest absolute Gasteiger partial charge is 0.363 e. The molecule has 0 fully saturated rings. The fourth-order valence-corrected chi connectivity index (χ4v) is 2.18. The number of aryl methyl sites for hydroxylation is 3. The smallest absolute Gasteiger partial charge is 0.286 e. The van der Waals surface area contributed by atoms with Crippen LogP contribution < -0.4 is 5.73 Å². The second kappa shape index (κ2) is 4.60. The highest BCUT2D eigenvalue weighted by atomic mass is 16.1. The molecule has 2 rings (SSSR count). The molecule has 0 radical (unpaired) electrons. The van der Waals surface area contributed by atoms with E-state index in [-0.39, 0.29) is 5.82 Å². The van der Waals surface area contributed by atoms with Crippen LogP contribution in [0.4, 0.5) is 0 Å². The summed E-state index contributed by atoms with van der Waals surface area (Å²) in [5.74, 6) is -0.371. The van der Waals surface area contributed by atoms with Crippen LogP contribution >= 0.6 is 0 Å². The van der Waals surface area contributed by atoms with Crippen molar-refractivity contribution in [1.29, 1.82) is 0 Å². The average Bonchev–Trinajstić information content (AvgIpc) is 2.71. The van der Waals surface area contributed by atoms with Crippen LogP contribution in [0.15, 0.2) is 18.5 Å². The van der Waals surface area contributed by atoms with Crippen LogP contribution in [-0.2, 0) is 6.54 Å². The standard InChI is InChI=1S/C13H16N4O/c1-8-4-9(2)11(10(3)5-8)6-17-13(12(14)18)15-7-16-17/h4-5,7H,6H2,1-3H3,(H2,14,18). The van der Waals surface area contributed by atoms with Gasteiger partial charge in [0.15, 0.2) is 0 Å². The first kappa shape index (κ1) is 12.3. The normalized spacial score (nSPS) is 10.6. The number of benzene rings is 1. The van der Waals surface area contributed by atoms with Gasteiger partial charge in [-0.25, -0.2) is 9.67 Å². The first-order valence-corrected chi connectivity index (χ1v) is 5.73. The van der Waals surface area contributed by atoms with Gasteiger partial charge in [-0.05, 0) is 37.5 Å². The number of hydrogen-bond acceptors (Lipinski definition) is 3. The molecule has 2 aromatic rings. The lowest BCUT2D eigenvalue weighted by molar-refractivity contribution is 0.0985. The molecule has 0 bridgehead atoms. The molecule has 1 amide bonds. The van der Waals surface area contributed by atoms with Crippen molar-refractivity contribution in [3.8, 4) is 0 Å². The molecular formula is C13H16N4O. The van der Waals surface area contributed by atoms with Gasteiger partial charge in [-0.2, -0.15) is 5.10 Å². The van der Waals surface area contributed by atoms with Crippen LogP contribution in [0.3, 0.4) is 0 Å². The van der Waals surface area contributed by atoms with Crippen molar-refractivity contribution in [2.45, 2.75) is 27.3 Å². The van der Waals surface area contributed by atoms with Gasteiger partial charge in [0.25, 0.3) is 5.91 Å². The van der Waals surface area contributed by atoms with E-state index in [1.807, 2.05) is 0 Å². The number of primary amides is 1. The van der Waals surface area contributed by atoms with E-state index in [2.05, 4.69) is 43.0 Å². The lowest BCUT2D eigenvalue weighted by atomic mass is 10.00. The first-order chi connectivity index (χ1) is 8.49. The zero-order valence-electron chi connectivity index (χ0n) is 10.8. The lowest BCUT2D eigenvalue weighted by Crippen LogP contribution is -2.20. The molecule has 1 aromatic heterocycles. The third-order valence-electron chi connectivity index (χ3n) is 2.98. The van der Waals surface area contributed by atoms with E-state index in [9.17, 15) is 4.79 Å². The van der Waals surface area contributed by atoms with Gasteiger partial charge in [0.05, 0.1) is 6.54 Å². The molecule has 0 unspecified atom stereocenters. The SMILES string of the molecule is Cc1cc(C)c(Cn2ncnc2C(N)=O)c(C)c1. The molecule has 94 valence electrons. The predicted molar refractivity (Wildman–Crippen MR) is 68.3 cm³/mol. The molecule has 0 atom stereocenters. The molecule has 5 nitrogen and oxygen atoms in total. The number of carbonyl (C=O) groups is 1. The summed E-state index contributed by atoms with van der Waals surface area (Å²) in [7, 11) is 0. The number of nitrogens with two attached hydrogens (primary N) is 1. The first-order valence-electron chi connectivity index (χ1n) is 5.73.